The number of carbonyl (C=O) groups excluding carboxylic acids is 2. The SMILES string of the molecule is COc1cc2c(cc1CNC(=O)c1nccnc1C(=O)N1CCCCC1)CCC2. The van der Waals surface area contributed by atoms with Gasteiger partial charge in [-0.15, -0.1) is 0 Å². The van der Waals surface area contributed by atoms with Gasteiger partial charge in [0.15, 0.2) is 11.4 Å². The van der Waals surface area contributed by atoms with Gasteiger partial charge in [0, 0.05) is 37.6 Å². The molecule has 4 rings (SSSR count). The predicted octanol–water partition coefficient (Wildman–Crippen LogP) is 2.53. The highest BCUT2D eigenvalue weighted by Crippen LogP contribution is 2.29. The van der Waals surface area contributed by atoms with Crippen LogP contribution >= 0.6 is 0 Å². The van der Waals surface area contributed by atoms with E-state index in [4.69, 9.17) is 4.74 Å². The fourth-order valence-electron chi connectivity index (χ4n) is 4.15. The summed E-state index contributed by atoms with van der Waals surface area (Å²) in [4.78, 5) is 35.8. The molecule has 7 heteroatoms. The second-order valence-electron chi connectivity index (χ2n) is 7.58. The van der Waals surface area contributed by atoms with Gasteiger partial charge in [0.2, 0.25) is 0 Å². The van der Waals surface area contributed by atoms with Crippen LogP contribution in [0.1, 0.15) is 63.4 Å². The van der Waals surface area contributed by atoms with E-state index in [1.807, 2.05) is 0 Å². The number of fused-ring (bicyclic) bond motifs is 1. The minimum absolute atomic E-state index is 0.0724. The molecule has 2 aromatic rings. The Balaban J connectivity index is 1.50. The van der Waals surface area contributed by atoms with Crippen LogP contribution in [-0.4, -0.2) is 46.9 Å². The minimum atomic E-state index is -0.402. The number of likely N-dealkylation sites (tertiary alicyclic amines) is 1. The van der Waals surface area contributed by atoms with Gasteiger partial charge in [-0.3, -0.25) is 9.59 Å². The van der Waals surface area contributed by atoms with Crippen molar-refractivity contribution in [3.05, 3.63) is 52.6 Å². The summed E-state index contributed by atoms with van der Waals surface area (Å²) < 4.78 is 5.51. The fraction of sp³-hybridized carbons (Fsp3) is 0.455. The molecule has 0 saturated carbocycles. The first-order valence-corrected chi connectivity index (χ1v) is 10.2. The molecule has 152 valence electrons. The summed E-state index contributed by atoms with van der Waals surface area (Å²) >= 11 is 0. The number of benzene rings is 1. The number of hydrogen-bond donors (Lipinski definition) is 1. The van der Waals surface area contributed by atoms with Gasteiger partial charge < -0.3 is 15.0 Å². The lowest BCUT2D eigenvalue weighted by Crippen LogP contribution is -2.38. The summed E-state index contributed by atoms with van der Waals surface area (Å²) in [5, 5.41) is 2.89. The number of nitrogens with one attached hydrogen (secondary N) is 1. The van der Waals surface area contributed by atoms with Gasteiger partial charge in [-0.05, 0) is 55.7 Å². The second kappa shape index (κ2) is 8.59. The number of carbonyl (C=O) groups is 2. The van der Waals surface area contributed by atoms with Crippen LogP contribution in [0.15, 0.2) is 24.5 Å². The van der Waals surface area contributed by atoms with Crippen molar-refractivity contribution in [2.75, 3.05) is 20.2 Å². The average Bonchev–Trinajstić information content (AvgIpc) is 3.24. The highest BCUT2D eigenvalue weighted by Gasteiger charge is 2.26. The summed E-state index contributed by atoms with van der Waals surface area (Å²) in [6.45, 7) is 1.70. The molecule has 0 bridgehead atoms. The van der Waals surface area contributed by atoms with Crippen LogP contribution in [0.25, 0.3) is 0 Å². The smallest absolute Gasteiger partial charge is 0.274 e. The monoisotopic (exact) mass is 394 g/mol. The Labute approximate surface area is 170 Å². The highest BCUT2D eigenvalue weighted by molar-refractivity contribution is 6.04. The van der Waals surface area contributed by atoms with Crippen LogP contribution < -0.4 is 10.1 Å². The molecule has 1 aliphatic heterocycles. The molecule has 1 saturated heterocycles. The van der Waals surface area contributed by atoms with Crippen molar-refractivity contribution in [1.29, 1.82) is 0 Å². The quantitative estimate of drug-likeness (QED) is 0.842. The normalized spacial score (nSPS) is 15.7. The Hall–Kier alpha value is -2.96. The summed E-state index contributed by atoms with van der Waals surface area (Å²) in [6.07, 6.45) is 9.25. The van der Waals surface area contributed by atoms with E-state index in [0.29, 0.717) is 19.6 Å². The van der Waals surface area contributed by atoms with Crippen molar-refractivity contribution in [3.8, 4) is 5.75 Å². The summed E-state index contributed by atoms with van der Waals surface area (Å²) in [6, 6.07) is 4.18. The molecule has 1 fully saturated rings. The predicted molar refractivity (Wildman–Crippen MR) is 108 cm³/mol. The zero-order chi connectivity index (χ0) is 20.2. The van der Waals surface area contributed by atoms with E-state index in [-0.39, 0.29) is 17.3 Å². The number of methoxy groups -OCH3 is 1. The Bertz CT molecular complexity index is 922. The van der Waals surface area contributed by atoms with Crippen LogP contribution in [0.5, 0.6) is 5.75 Å². The Kier molecular flexibility index (Phi) is 5.74. The molecule has 7 nitrogen and oxygen atoms in total. The third-order valence-electron chi connectivity index (χ3n) is 5.69. The zero-order valence-electron chi connectivity index (χ0n) is 16.7. The van der Waals surface area contributed by atoms with Crippen LogP contribution in [0.4, 0.5) is 0 Å². The molecule has 2 heterocycles. The molecule has 1 N–H and O–H groups in total. The molecule has 2 aliphatic rings. The highest BCUT2D eigenvalue weighted by atomic mass is 16.5. The van der Waals surface area contributed by atoms with Crippen molar-refractivity contribution in [2.45, 2.75) is 45.1 Å². The molecule has 0 radical (unpaired) electrons. The van der Waals surface area contributed by atoms with Gasteiger partial charge in [0.1, 0.15) is 5.75 Å². The third-order valence-corrected chi connectivity index (χ3v) is 5.69. The molecule has 29 heavy (non-hydrogen) atoms. The van der Waals surface area contributed by atoms with Gasteiger partial charge in [-0.25, -0.2) is 9.97 Å². The second-order valence-corrected chi connectivity index (χ2v) is 7.58. The molecule has 1 aromatic heterocycles. The summed E-state index contributed by atoms with van der Waals surface area (Å²) in [5.41, 5.74) is 3.75. The van der Waals surface area contributed by atoms with Gasteiger partial charge in [-0.2, -0.15) is 0 Å². The molecule has 1 aliphatic carbocycles. The minimum Gasteiger partial charge on any atom is -0.496 e. The fourth-order valence-corrected chi connectivity index (χ4v) is 4.15. The number of aromatic nitrogens is 2. The maximum Gasteiger partial charge on any atom is 0.274 e. The van der Waals surface area contributed by atoms with E-state index >= 15 is 0 Å². The lowest BCUT2D eigenvalue weighted by molar-refractivity contribution is 0.0711. The molecule has 2 amide bonds. The molecule has 1 aromatic carbocycles. The van der Waals surface area contributed by atoms with E-state index in [9.17, 15) is 9.59 Å². The van der Waals surface area contributed by atoms with Crippen molar-refractivity contribution < 1.29 is 14.3 Å². The van der Waals surface area contributed by atoms with Gasteiger partial charge in [0.05, 0.1) is 7.11 Å². The van der Waals surface area contributed by atoms with Gasteiger partial charge >= 0.3 is 0 Å². The van der Waals surface area contributed by atoms with E-state index in [2.05, 4.69) is 27.4 Å². The van der Waals surface area contributed by atoms with Crippen molar-refractivity contribution in [1.82, 2.24) is 20.2 Å². The van der Waals surface area contributed by atoms with E-state index in [0.717, 1.165) is 49.8 Å². The first-order valence-electron chi connectivity index (χ1n) is 10.2. The first kappa shape index (κ1) is 19.4. The van der Waals surface area contributed by atoms with E-state index in [1.165, 1.54) is 23.5 Å². The molecular formula is C22H26N4O3. The molecular weight excluding hydrogens is 368 g/mol. The number of ether oxygens (including phenoxy) is 1. The number of piperidine rings is 1. The van der Waals surface area contributed by atoms with E-state index < -0.39 is 5.91 Å². The van der Waals surface area contributed by atoms with Crippen molar-refractivity contribution >= 4 is 11.8 Å². The number of amides is 2. The number of nitrogens with zero attached hydrogens (tertiary/aromatic N) is 3. The zero-order valence-corrected chi connectivity index (χ0v) is 16.7. The first-order chi connectivity index (χ1) is 14.2. The van der Waals surface area contributed by atoms with E-state index in [1.54, 1.807) is 12.0 Å². The molecule has 0 atom stereocenters. The van der Waals surface area contributed by atoms with Crippen LogP contribution in [-0.2, 0) is 19.4 Å². The van der Waals surface area contributed by atoms with Crippen LogP contribution in [0.3, 0.4) is 0 Å². The number of hydrogen-bond acceptors (Lipinski definition) is 5. The standard InChI is InChI=1S/C22H26N4O3/c1-29-18-13-16-7-5-6-15(16)12-17(18)14-25-21(27)19-20(24-9-8-23-19)22(28)26-10-3-2-4-11-26/h8-9,12-13H,2-7,10-11,14H2,1H3,(H,25,27). The Morgan fingerprint density at radius 3 is 2.41 bits per heavy atom. The average molecular weight is 394 g/mol. The topological polar surface area (TPSA) is 84.4 Å². The number of aryl methyl sites for hydroxylation is 2. The summed E-state index contributed by atoms with van der Waals surface area (Å²) in [5.74, 6) is 0.147. The lowest BCUT2D eigenvalue weighted by atomic mass is 10.0. The maximum atomic E-state index is 12.9. The van der Waals surface area contributed by atoms with Crippen LogP contribution in [0.2, 0.25) is 0 Å². The van der Waals surface area contributed by atoms with Gasteiger partial charge in [-0.1, -0.05) is 6.07 Å². The Morgan fingerprint density at radius 1 is 1.00 bits per heavy atom. The number of rotatable bonds is 5. The largest absolute Gasteiger partial charge is 0.496 e. The molecule has 0 unspecified atom stereocenters. The van der Waals surface area contributed by atoms with Gasteiger partial charge in [0.25, 0.3) is 11.8 Å². The Morgan fingerprint density at radius 2 is 1.69 bits per heavy atom. The summed E-state index contributed by atoms with van der Waals surface area (Å²) in [7, 11) is 1.64. The third kappa shape index (κ3) is 4.09. The lowest BCUT2D eigenvalue weighted by Gasteiger charge is -2.26. The maximum absolute atomic E-state index is 12.9. The van der Waals surface area contributed by atoms with Crippen LogP contribution in [0, 0.1) is 0 Å². The molecule has 0 spiro atoms. The van der Waals surface area contributed by atoms with Crippen molar-refractivity contribution in [3.63, 3.8) is 0 Å². The van der Waals surface area contributed by atoms with Crippen molar-refractivity contribution in [2.24, 2.45) is 0 Å².